The van der Waals surface area contributed by atoms with Crippen molar-refractivity contribution in [2.24, 2.45) is 5.92 Å². The molecule has 17 heavy (non-hydrogen) atoms. The van der Waals surface area contributed by atoms with Gasteiger partial charge < -0.3 is 14.8 Å². The molecule has 0 saturated carbocycles. The van der Waals surface area contributed by atoms with Gasteiger partial charge in [-0.15, -0.1) is 0 Å². The van der Waals surface area contributed by atoms with Gasteiger partial charge >= 0.3 is 0 Å². The molecule has 1 rings (SSSR count). The van der Waals surface area contributed by atoms with E-state index in [-0.39, 0.29) is 0 Å². The second-order valence-corrected chi connectivity index (χ2v) is 5.28. The minimum atomic E-state index is 0.490. The zero-order valence-corrected chi connectivity index (χ0v) is 11.7. The Bertz CT molecular complexity index is 200. The van der Waals surface area contributed by atoms with E-state index in [2.05, 4.69) is 24.1 Å². The van der Waals surface area contributed by atoms with Gasteiger partial charge in [0.15, 0.2) is 0 Å². The molecule has 0 aliphatic carbocycles. The van der Waals surface area contributed by atoms with Crippen molar-refractivity contribution in [3.8, 4) is 0 Å². The Balaban J connectivity index is 2.36. The Morgan fingerprint density at radius 1 is 1.29 bits per heavy atom. The summed E-state index contributed by atoms with van der Waals surface area (Å²) in [6.45, 7) is 9.37. The summed E-state index contributed by atoms with van der Waals surface area (Å²) in [5.74, 6) is 0.693. The van der Waals surface area contributed by atoms with Crippen LogP contribution in [0, 0.1) is 5.92 Å². The molecule has 1 saturated heterocycles. The predicted octanol–water partition coefficient (Wildman–Crippen LogP) is 0.968. The molecule has 4 heteroatoms. The molecule has 0 bridgehead atoms. The van der Waals surface area contributed by atoms with Crippen LogP contribution in [0.2, 0.25) is 0 Å². The highest BCUT2D eigenvalue weighted by atomic mass is 16.5. The number of nitrogens with one attached hydrogen (secondary N) is 1. The lowest BCUT2D eigenvalue weighted by Crippen LogP contribution is -2.45. The average molecular weight is 244 g/mol. The third-order valence-electron chi connectivity index (χ3n) is 3.36. The number of methoxy groups -OCH3 is 2. The molecule has 0 spiro atoms. The maximum atomic E-state index is 5.33. The van der Waals surface area contributed by atoms with Gasteiger partial charge in [0.25, 0.3) is 0 Å². The molecule has 0 aromatic rings. The lowest BCUT2D eigenvalue weighted by atomic mass is 10.1. The molecule has 1 N–H and O–H groups in total. The SMILES string of the molecule is COCC1CCN(C(CNC(C)C)COC)C1. The molecular formula is C13H28N2O2. The van der Waals surface area contributed by atoms with Crippen LogP contribution in [0.3, 0.4) is 0 Å². The highest BCUT2D eigenvalue weighted by molar-refractivity contribution is 4.83. The van der Waals surface area contributed by atoms with Crippen LogP contribution in [-0.2, 0) is 9.47 Å². The number of hydrogen-bond donors (Lipinski definition) is 1. The number of rotatable bonds is 8. The number of nitrogens with zero attached hydrogens (tertiary/aromatic N) is 1. The molecule has 0 aromatic carbocycles. The van der Waals surface area contributed by atoms with Crippen molar-refractivity contribution < 1.29 is 9.47 Å². The number of likely N-dealkylation sites (tertiary alicyclic amines) is 1. The molecule has 1 aliphatic heterocycles. The maximum absolute atomic E-state index is 5.33. The second kappa shape index (κ2) is 8.03. The molecule has 0 radical (unpaired) electrons. The zero-order chi connectivity index (χ0) is 12.7. The summed E-state index contributed by atoms with van der Waals surface area (Å²) < 4.78 is 10.6. The molecule has 1 aliphatic rings. The van der Waals surface area contributed by atoms with Crippen molar-refractivity contribution in [2.75, 3.05) is 47.1 Å². The summed E-state index contributed by atoms with van der Waals surface area (Å²) in [5.41, 5.74) is 0. The largest absolute Gasteiger partial charge is 0.384 e. The smallest absolute Gasteiger partial charge is 0.0630 e. The molecule has 0 aromatic heterocycles. The van der Waals surface area contributed by atoms with Gasteiger partial charge in [0, 0.05) is 39.4 Å². The number of hydrogen-bond acceptors (Lipinski definition) is 4. The zero-order valence-electron chi connectivity index (χ0n) is 11.7. The molecule has 1 heterocycles. The van der Waals surface area contributed by atoms with E-state index < -0.39 is 0 Å². The molecular weight excluding hydrogens is 216 g/mol. The van der Waals surface area contributed by atoms with E-state index in [0.717, 1.165) is 26.3 Å². The first-order chi connectivity index (χ1) is 8.17. The van der Waals surface area contributed by atoms with Gasteiger partial charge in [0.1, 0.15) is 0 Å². The maximum Gasteiger partial charge on any atom is 0.0630 e. The van der Waals surface area contributed by atoms with Crippen molar-refractivity contribution in [1.82, 2.24) is 10.2 Å². The monoisotopic (exact) mass is 244 g/mol. The van der Waals surface area contributed by atoms with Gasteiger partial charge in [-0.3, -0.25) is 4.90 Å². The van der Waals surface area contributed by atoms with Crippen molar-refractivity contribution in [1.29, 1.82) is 0 Å². The van der Waals surface area contributed by atoms with Crippen molar-refractivity contribution >= 4 is 0 Å². The van der Waals surface area contributed by atoms with Gasteiger partial charge in [0.2, 0.25) is 0 Å². The molecule has 4 nitrogen and oxygen atoms in total. The molecule has 2 unspecified atom stereocenters. The Kier molecular flexibility index (Phi) is 7.04. The van der Waals surface area contributed by atoms with Gasteiger partial charge in [-0.1, -0.05) is 13.8 Å². The van der Waals surface area contributed by atoms with Gasteiger partial charge in [-0.05, 0) is 18.9 Å². The third-order valence-corrected chi connectivity index (χ3v) is 3.36. The van der Waals surface area contributed by atoms with E-state index in [4.69, 9.17) is 9.47 Å². The van der Waals surface area contributed by atoms with Crippen LogP contribution in [0.4, 0.5) is 0 Å². The van der Waals surface area contributed by atoms with Crippen LogP contribution in [0.15, 0.2) is 0 Å². The van der Waals surface area contributed by atoms with E-state index in [9.17, 15) is 0 Å². The first kappa shape index (κ1) is 14.9. The molecule has 1 fully saturated rings. The van der Waals surface area contributed by atoms with Crippen LogP contribution in [0.25, 0.3) is 0 Å². The summed E-state index contributed by atoms with van der Waals surface area (Å²) in [4.78, 5) is 2.53. The van der Waals surface area contributed by atoms with E-state index in [1.54, 1.807) is 14.2 Å². The van der Waals surface area contributed by atoms with Crippen LogP contribution < -0.4 is 5.32 Å². The van der Waals surface area contributed by atoms with E-state index in [1.807, 2.05) is 0 Å². The lowest BCUT2D eigenvalue weighted by molar-refractivity contribution is 0.0941. The summed E-state index contributed by atoms with van der Waals surface area (Å²) >= 11 is 0. The fourth-order valence-corrected chi connectivity index (χ4v) is 2.42. The minimum Gasteiger partial charge on any atom is -0.384 e. The predicted molar refractivity (Wildman–Crippen MR) is 70.4 cm³/mol. The quantitative estimate of drug-likeness (QED) is 0.690. The highest BCUT2D eigenvalue weighted by Crippen LogP contribution is 2.18. The Morgan fingerprint density at radius 3 is 2.65 bits per heavy atom. The second-order valence-electron chi connectivity index (χ2n) is 5.28. The van der Waals surface area contributed by atoms with Crippen molar-refractivity contribution in [2.45, 2.75) is 32.4 Å². The highest BCUT2D eigenvalue weighted by Gasteiger charge is 2.27. The van der Waals surface area contributed by atoms with E-state index in [1.165, 1.54) is 13.0 Å². The Labute approximate surface area is 106 Å². The topological polar surface area (TPSA) is 33.7 Å². The number of ether oxygens (including phenoxy) is 2. The average Bonchev–Trinajstić information content (AvgIpc) is 2.73. The molecule has 0 amide bonds. The first-order valence-electron chi connectivity index (χ1n) is 6.62. The lowest BCUT2D eigenvalue weighted by Gasteiger charge is -2.28. The third kappa shape index (κ3) is 5.34. The Morgan fingerprint density at radius 2 is 2.06 bits per heavy atom. The fourth-order valence-electron chi connectivity index (χ4n) is 2.42. The summed E-state index contributed by atoms with van der Waals surface area (Å²) in [6, 6.07) is 1.02. The van der Waals surface area contributed by atoms with Gasteiger partial charge in [-0.2, -0.15) is 0 Å². The van der Waals surface area contributed by atoms with E-state index in [0.29, 0.717) is 18.0 Å². The standard InChI is InChI=1S/C13H28N2O2/c1-11(2)14-7-13(10-17-4)15-6-5-12(8-15)9-16-3/h11-14H,5-10H2,1-4H3. The van der Waals surface area contributed by atoms with Crippen molar-refractivity contribution in [3.05, 3.63) is 0 Å². The molecule has 102 valence electrons. The van der Waals surface area contributed by atoms with Crippen molar-refractivity contribution in [3.63, 3.8) is 0 Å². The van der Waals surface area contributed by atoms with Crippen LogP contribution >= 0.6 is 0 Å². The van der Waals surface area contributed by atoms with Crippen LogP contribution in [-0.4, -0.2) is 64.1 Å². The van der Waals surface area contributed by atoms with Gasteiger partial charge in [0.05, 0.1) is 13.2 Å². The van der Waals surface area contributed by atoms with Gasteiger partial charge in [-0.25, -0.2) is 0 Å². The van der Waals surface area contributed by atoms with Crippen LogP contribution in [0.1, 0.15) is 20.3 Å². The summed E-state index contributed by atoms with van der Waals surface area (Å²) in [6.07, 6.45) is 1.25. The fraction of sp³-hybridized carbons (Fsp3) is 1.00. The normalized spacial score (nSPS) is 23.5. The van der Waals surface area contributed by atoms with Crippen LogP contribution in [0.5, 0.6) is 0 Å². The van der Waals surface area contributed by atoms with E-state index >= 15 is 0 Å². The summed E-state index contributed by atoms with van der Waals surface area (Å²) in [7, 11) is 3.57. The first-order valence-corrected chi connectivity index (χ1v) is 6.62. The summed E-state index contributed by atoms with van der Waals surface area (Å²) in [5, 5.41) is 3.50. The molecule has 2 atom stereocenters. The minimum absolute atomic E-state index is 0.490. The Hall–Kier alpha value is -0.160.